The highest BCUT2D eigenvalue weighted by atomic mass is 19.1. The summed E-state index contributed by atoms with van der Waals surface area (Å²) < 4.78 is 24.7. The lowest BCUT2D eigenvalue weighted by atomic mass is 10.0. The third kappa shape index (κ3) is 2.37. The predicted octanol–water partition coefficient (Wildman–Crippen LogP) is 4.77. The SMILES string of the molecule is COc1cc(-c2nc3c(F)cccc3o2)ccc1C(C)C. The van der Waals surface area contributed by atoms with E-state index < -0.39 is 0 Å². The predicted molar refractivity (Wildman–Crippen MR) is 80.0 cm³/mol. The Morgan fingerprint density at radius 2 is 2.00 bits per heavy atom. The fourth-order valence-electron chi connectivity index (χ4n) is 2.36. The lowest BCUT2D eigenvalue weighted by molar-refractivity contribution is 0.407. The van der Waals surface area contributed by atoms with Crippen molar-refractivity contribution in [3.8, 4) is 17.2 Å². The zero-order chi connectivity index (χ0) is 15.0. The van der Waals surface area contributed by atoms with E-state index >= 15 is 0 Å². The zero-order valence-electron chi connectivity index (χ0n) is 12.2. The van der Waals surface area contributed by atoms with E-state index in [0.717, 1.165) is 16.9 Å². The molecule has 0 aliphatic rings. The van der Waals surface area contributed by atoms with Gasteiger partial charge in [0, 0.05) is 5.56 Å². The Morgan fingerprint density at radius 3 is 2.67 bits per heavy atom. The molecular formula is C17H16FNO2. The summed E-state index contributed by atoms with van der Waals surface area (Å²) in [6, 6.07) is 10.5. The number of halogens is 1. The first-order valence-corrected chi connectivity index (χ1v) is 6.83. The summed E-state index contributed by atoms with van der Waals surface area (Å²) in [6.07, 6.45) is 0. The van der Waals surface area contributed by atoms with Gasteiger partial charge in [-0.25, -0.2) is 9.37 Å². The molecule has 0 radical (unpaired) electrons. The summed E-state index contributed by atoms with van der Waals surface area (Å²) in [5, 5.41) is 0. The van der Waals surface area contributed by atoms with E-state index in [1.807, 2.05) is 18.2 Å². The molecule has 1 heterocycles. The van der Waals surface area contributed by atoms with Gasteiger partial charge < -0.3 is 9.15 Å². The topological polar surface area (TPSA) is 35.3 Å². The number of ether oxygens (including phenoxy) is 1. The van der Waals surface area contributed by atoms with E-state index in [1.165, 1.54) is 6.07 Å². The highest BCUT2D eigenvalue weighted by Gasteiger charge is 2.14. The first-order chi connectivity index (χ1) is 10.1. The molecule has 108 valence electrons. The van der Waals surface area contributed by atoms with Gasteiger partial charge in [-0.15, -0.1) is 0 Å². The fourth-order valence-corrected chi connectivity index (χ4v) is 2.36. The minimum absolute atomic E-state index is 0.249. The van der Waals surface area contributed by atoms with Gasteiger partial charge in [0.05, 0.1) is 7.11 Å². The highest BCUT2D eigenvalue weighted by Crippen LogP contribution is 2.32. The van der Waals surface area contributed by atoms with E-state index in [1.54, 1.807) is 19.2 Å². The molecule has 4 heteroatoms. The molecule has 3 nitrogen and oxygen atoms in total. The number of para-hydroxylation sites is 1. The van der Waals surface area contributed by atoms with E-state index in [9.17, 15) is 4.39 Å². The normalized spacial score (nSPS) is 11.3. The summed E-state index contributed by atoms with van der Waals surface area (Å²) >= 11 is 0. The number of oxazole rings is 1. The number of benzene rings is 2. The molecule has 0 spiro atoms. The largest absolute Gasteiger partial charge is 0.496 e. The van der Waals surface area contributed by atoms with Crippen LogP contribution in [0.4, 0.5) is 4.39 Å². The maximum absolute atomic E-state index is 13.7. The number of hydrogen-bond donors (Lipinski definition) is 0. The molecule has 0 unspecified atom stereocenters. The molecule has 0 N–H and O–H groups in total. The van der Waals surface area contributed by atoms with Crippen LogP contribution in [-0.4, -0.2) is 12.1 Å². The van der Waals surface area contributed by atoms with Gasteiger partial charge in [0.2, 0.25) is 5.89 Å². The third-order valence-electron chi connectivity index (χ3n) is 3.47. The molecule has 1 aromatic heterocycles. The molecule has 2 aromatic carbocycles. The molecule has 21 heavy (non-hydrogen) atoms. The van der Waals surface area contributed by atoms with E-state index in [-0.39, 0.29) is 11.3 Å². The van der Waals surface area contributed by atoms with Crippen molar-refractivity contribution in [2.24, 2.45) is 0 Å². The molecule has 0 aliphatic heterocycles. The second-order valence-corrected chi connectivity index (χ2v) is 5.22. The Balaban J connectivity index is 2.12. The molecular weight excluding hydrogens is 269 g/mol. The molecule has 0 saturated carbocycles. The monoisotopic (exact) mass is 285 g/mol. The lowest BCUT2D eigenvalue weighted by Crippen LogP contribution is -1.94. The van der Waals surface area contributed by atoms with Gasteiger partial charge in [0.1, 0.15) is 11.3 Å². The van der Waals surface area contributed by atoms with Gasteiger partial charge in [0.15, 0.2) is 11.4 Å². The van der Waals surface area contributed by atoms with Crippen molar-refractivity contribution in [3.63, 3.8) is 0 Å². The van der Waals surface area contributed by atoms with E-state index in [2.05, 4.69) is 18.8 Å². The Kier molecular flexibility index (Phi) is 3.37. The number of hydrogen-bond acceptors (Lipinski definition) is 3. The van der Waals surface area contributed by atoms with Crippen molar-refractivity contribution in [3.05, 3.63) is 47.8 Å². The van der Waals surface area contributed by atoms with Crippen LogP contribution in [0.2, 0.25) is 0 Å². The lowest BCUT2D eigenvalue weighted by Gasteiger charge is -2.12. The Hall–Kier alpha value is -2.36. The molecule has 0 saturated heterocycles. The average Bonchev–Trinajstić information content (AvgIpc) is 2.92. The van der Waals surface area contributed by atoms with Crippen molar-refractivity contribution < 1.29 is 13.5 Å². The van der Waals surface area contributed by atoms with Crippen LogP contribution in [0.3, 0.4) is 0 Å². The van der Waals surface area contributed by atoms with Crippen molar-refractivity contribution in [2.75, 3.05) is 7.11 Å². The first kappa shape index (κ1) is 13.6. The van der Waals surface area contributed by atoms with Gasteiger partial charge in [-0.3, -0.25) is 0 Å². The first-order valence-electron chi connectivity index (χ1n) is 6.83. The highest BCUT2D eigenvalue weighted by molar-refractivity contribution is 5.77. The van der Waals surface area contributed by atoms with Crippen molar-refractivity contribution >= 4 is 11.1 Å². The van der Waals surface area contributed by atoms with Gasteiger partial charge in [-0.1, -0.05) is 26.0 Å². The minimum Gasteiger partial charge on any atom is -0.496 e. The number of rotatable bonds is 3. The summed E-state index contributed by atoms with van der Waals surface area (Å²) in [5.74, 6) is 1.15. The Labute approximate surface area is 122 Å². The third-order valence-corrected chi connectivity index (χ3v) is 3.47. The average molecular weight is 285 g/mol. The van der Waals surface area contributed by atoms with Crippen molar-refractivity contribution in [2.45, 2.75) is 19.8 Å². The summed E-state index contributed by atoms with van der Waals surface area (Å²) in [5.41, 5.74) is 2.58. The van der Waals surface area contributed by atoms with Gasteiger partial charge in [-0.05, 0) is 35.7 Å². The number of methoxy groups -OCH3 is 1. The summed E-state index contributed by atoms with van der Waals surface area (Å²) in [4.78, 5) is 4.24. The molecule has 3 aromatic rings. The zero-order valence-corrected chi connectivity index (χ0v) is 12.2. The van der Waals surface area contributed by atoms with Crippen LogP contribution in [0.15, 0.2) is 40.8 Å². The second kappa shape index (κ2) is 5.20. The van der Waals surface area contributed by atoms with Crippen LogP contribution in [-0.2, 0) is 0 Å². The van der Waals surface area contributed by atoms with Crippen LogP contribution >= 0.6 is 0 Å². The van der Waals surface area contributed by atoms with Gasteiger partial charge in [0.25, 0.3) is 0 Å². The molecule has 0 aliphatic carbocycles. The maximum Gasteiger partial charge on any atom is 0.227 e. The van der Waals surface area contributed by atoms with Crippen LogP contribution < -0.4 is 4.74 Å². The standard InChI is InChI=1S/C17H16FNO2/c1-10(2)12-8-7-11(9-15(12)20-3)17-19-16-13(18)5-4-6-14(16)21-17/h4-10H,1-3H3. The van der Waals surface area contributed by atoms with Crippen molar-refractivity contribution in [1.29, 1.82) is 0 Å². The van der Waals surface area contributed by atoms with E-state index in [0.29, 0.717) is 17.4 Å². The number of aromatic nitrogens is 1. The Bertz CT molecular complexity index is 793. The van der Waals surface area contributed by atoms with Crippen LogP contribution in [0.1, 0.15) is 25.3 Å². The molecule has 3 rings (SSSR count). The minimum atomic E-state index is -0.381. The maximum atomic E-state index is 13.7. The van der Waals surface area contributed by atoms with Gasteiger partial charge in [-0.2, -0.15) is 0 Å². The van der Waals surface area contributed by atoms with Crippen LogP contribution in [0.5, 0.6) is 5.75 Å². The smallest absolute Gasteiger partial charge is 0.227 e. The van der Waals surface area contributed by atoms with E-state index in [4.69, 9.17) is 9.15 Å². The fraction of sp³-hybridized carbons (Fsp3) is 0.235. The van der Waals surface area contributed by atoms with Gasteiger partial charge >= 0.3 is 0 Å². The van der Waals surface area contributed by atoms with Crippen LogP contribution in [0.25, 0.3) is 22.6 Å². The summed E-state index contributed by atoms with van der Waals surface area (Å²) in [6.45, 7) is 4.21. The molecule has 0 bridgehead atoms. The number of nitrogens with zero attached hydrogens (tertiary/aromatic N) is 1. The molecule has 0 fully saturated rings. The quantitative estimate of drug-likeness (QED) is 0.695. The number of fused-ring (bicyclic) bond motifs is 1. The summed E-state index contributed by atoms with van der Waals surface area (Å²) in [7, 11) is 1.64. The van der Waals surface area contributed by atoms with Crippen LogP contribution in [0, 0.1) is 5.82 Å². The molecule has 0 amide bonds. The van der Waals surface area contributed by atoms with Crippen molar-refractivity contribution in [1.82, 2.24) is 4.98 Å². The molecule has 0 atom stereocenters. The second-order valence-electron chi connectivity index (χ2n) is 5.22. The Morgan fingerprint density at radius 1 is 1.19 bits per heavy atom.